The maximum atomic E-state index is 13.7. The number of carboxylic acid groups (broad SMARTS) is 1. The predicted octanol–water partition coefficient (Wildman–Crippen LogP) is 3.37. The summed E-state index contributed by atoms with van der Waals surface area (Å²) in [6.45, 7) is 2.54. The van der Waals surface area contributed by atoms with Crippen molar-refractivity contribution < 1.29 is 14.3 Å². The number of rotatable bonds is 3. The SMILES string of the molecule is CC(C)(F)C(C(=O)O)c1ccc(Br)cc1. The fourth-order valence-electron chi connectivity index (χ4n) is 1.49. The molecule has 0 aliphatic rings. The molecule has 1 atom stereocenters. The quantitative estimate of drug-likeness (QED) is 0.918. The summed E-state index contributed by atoms with van der Waals surface area (Å²) in [6.07, 6.45) is 0. The highest BCUT2D eigenvalue weighted by atomic mass is 79.9. The molecule has 0 heterocycles. The smallest absolute Gasteiger partial charge is 0.314 e. The monoisotopic (exact) mass is 274 g/mol. The minimum atomic E-state index is -1.78. The minimum absolute atomic E-state index is 0.471. The zero-order chi connectivity index (χ0) is 11.6. The van der Waals surface area contributed by atoms with E-state index in [-0.39, 0.29) is 0 Å². The van der Waals surface area contributed by atoms with E-state index in [9.17, 15) is 9.18 Å². The molecule has 0 saturated carbocycles. The van der Waals surface area contributed by atoms with Crippen LogP contribution in [0.4, 0.5) is 4.39 Å². The summed E-state index contributed by atoms with van der Waals surface area (Å²) in [5.74, 6) is -2.28. The van der Waals surface area contributed by atoms with Crippen molar-refractivity contribution in [3.63, 3.8) is 0 Å². The normalized spacial score (nSPS) is 13.6. The second kappa shape index (κ2) is 4.31. The van der Waals surface area contributed by atoms with Crippen LogP contribution in [0.1, 0.15) is 25.3 Å². The molecule has 82 valence electrons. The molecule has 1 rings (SSSR count). The third-order valence-electron chi connectivity index (χ3n) is 2.14. The fourth-order valence-corrected chi connectivity index (χ4v) is 1.75. The van der Waals surface area contributed by atoms with Crippen molar-refractivity contribution in [1.29, 1.82) is 0 Å². The van der Waals surface area contributed by atoms with Crippen LogP contribution in [-0.4, -0.2) is 16.7 Å². The molecule has 1 N–H and O–H groups in total. The van der Waals surface area contributed by atoms with E-state index in [2.05, 4.69) is 15.9 Å². The van der Waals surface area contributed by atoms with Gasteiger partial charge in [0.2, 0.25) is 0 Å². The van der Waals surface area contributed by atoms with Gasteiger partial charge in [0.15, 0.2) is 0 Å². The summed E-state index contributed by atoms with van der Waals surface area (Å²) in [4.78, 5) is 11.0. The summed E-state index contributed by atoms with van der Waals surface area (Å²) in [6, 6.07) is 6.64. The van der Waals surface area contributed by atoms with Crippen LogP contribution in [0.15, 0.2) is 28.7 Å². The zero-order valence-corrected chi connectivity index (χ0v) is 10.1. The van der Waals surface area contributed by atoms with E-state index in [0.717, 1.165) is 4.47 Å². The molecule has 0 fully saturated rings. The van der Waals surface area contributed by atoms with Crippen LogP contribution in [0.2, 0.25) is 0 Å². The molecule has 2 nitrogen and oxygen atoms in total. The topological polar surface area (TPSA) is 37.3 Å². The Hall–Kier alpha value is -0.900. The van der Waals surface area contributed by atoms with E-state index in [1.807, 2.05) is 0 Å². The standard InChI is InChI=1S/C11H12BrFO2/c1-11(2,13)9(10(14)15)7-3-5-8(12)6-4-7/h3-6,9H,1-2H3,(H,14,15). The second-order valence-corrected chi connectivity index (χ2v) is 4.80. The van der Waals surface area contributed by atoms with Gasteiger partial charge in [-0.25, -0.2) is 4.39 Å². The average Bonchev–Trinajstić information content (AvgIpc) is 2.05. The highest BCUT2D eigenvalue weighted by Gasteiger charge is 2.36. The first-order chi connectivity index (χ1) is 6.82. The van der Waals surface area contributed by atoms with Gasteiger partial charge in [0.25, 0.3) is 0 Å². The van der Waals surface area contributed by atoms with Crippen LogP contribution >= 0.6 is 15.9 Å². The molecule has 15 heavy (non-hydrogen) atoms. The van der Waals surface area contributed by atoms with E-state index >= 15 is 0 Å². The summed E-state index contributed by atoms with van der Waals surface area (Å²) in [5.41, 5.74) is -1.31. The molecule has 0 amide bonds. The lowest BCUT2D eigenvalue weighted by molar-refractivity contribution is -0.142. The Morgan fingerprint density at radius 1 is 1.40 bits per heavy atom. The molecule has 1 aromatic rings. The van der Waals surface area contributed by atoms with E-state index in [1.165, 1.54) is 13.8 Å². The Morgan fingerprint density at radius 2 is 1.87 bits per heavy atom. The number of hydrogen-bond donors (Lipinski definition) is 1. The predicted molar refractivity (Wildman–Crippen MR) is 59.7 cm³/mol. The maximum Gasteiger partial charge on any atom is 0.314 e. The van der Waals surface area contributed by atoms with Crippen molar-refractivity contribution in [2.75, 3.05) is 0 Å². The molecule has 0 radical (unpaired) electrons. The first-order valence-electron chi connectivity index (χ1n) is 4.49. The Balaban J connectivity index is 3.11. The lowest BCUT2D eigenvalue weighted by Gasteiger charge is -2.23. The first-order valence-corrected chi connectivity index (χ1v) is 5.29. The molecule has 0 aliphatic heterocycles. The third-order valence-corrected chi connectivity index (χ3v) is 2.67. The van der Waals surface area contributed by atoms with Gasteiger partial charge in [0.05, 0.1) is 0 Å². The molecule has 0 aliphatic carbocycles. The summed E-state index contributed by atoms with van der Waals surface area (Å²) in [7, 11) is 0. The molecule has 0 saturated heterocycles. The van der Waals surface area contributed by atoms with Crippen LogP contribution in [0.3, 0.4) is 0 Å². The average molecular weight is 275 g/mol. The highest BCUT2D eigenvalue weighted by molar-refractivity contribution is 9.10. The molecule has 0 bridgehead atoms. The van der Waals surface area contributed by atoms with Crippen LogP contribution in [-0.2, 0) is 4.79 Å². The van der Waals surface area contributed by atoms with E-state index < -0.39 is 17.6 Å². The Kier molecular flexibility index (Phi) is 3.50. The van der Waals surface area contributed by atoms with Gasteiger partial charge in [0, 0.05) is 4.47 Å². The largest absolute Gasteiger partial charge is 0.481 e. The molecule has 1 unspecified atom stereocenters. The van der Waals surface area contributed by atoms with Crippen molar-refractivity contribution in [3.05, 3.63) is 34.3 Å². The van der Waals surface area contributed by atoms with Gasteiger partial charge in [0.1, 0.15) is 11.6 Å². The number of carbonyl (C=O) groups is 1. The molecular formula is C11H12BrFO2. The number of carboxylic acids is 1. The van der Waals surface area contributed by atoms with Gasteiger partial charge in [-0.05, 0) is 31.5 Å². The van der Waals surface area contributed by atoms with Crippen molar-refractivity contribution in [1.82, 2.24) is 0 Å². The second-order valence-electron chi connectivity index (χ2n) is 3.89. The zero-order valence-electron chi connectivity index (χ0n) is 8.50. The van der Waals surface area contributed by atoms with Gasteiger partial charge >= 0.3 is 5.97 Å². The van der Waals surface area contributed by atoms with Gasteiger partial charge in [-0.3, -0.25) is 4.79 Å². The molecular weight excluding hydrogens is 263 g/mol. The van der Waals surface area contributed by atoms with Gasteiger partial charge < -0.3 is 5.11 Å². The molecule has 0 aromatic heterocycles. The lowest BCUT2D eigenvalue weighted by Crippen LogP contribution is -2.30. The molecule has 1 aromatic carbocycles. The van der Waals surface area contributed by atoms with Crippen LogP contribution in [0.25, 0.3) is 0 Å². The van der Waals surface area contributed by atoms with E-state index in [0.29, 0.717) is 5.56 Å². The van der Waals surface area contributed by atoms with Crippen molar-refractivity contribution in [2.45, 2.75) is 25.4 Å². The Morgan fingerprint density at radius 3 is 2.20 bits per heavy atom. The third kappa shape index (κ3) is 3.02. The van der Waals surface area contributed by atoms with Crippen LogP contribution in [0.5, 0.6) is 0 Å². The fraction of sp³-hybridized carbons (Fsp3) is 0.364. The lowest BCUT2D eigenvalue weighted by atomic mass is 9.86. The first kappa shape index (κ1) is 12.2. The maximum absolute atomic E-state index is 13.7. The molecule has 4 heteroatoms. The summed E-state index contributed by atoms with van der Waals surface area (Å²) in [5, 5.41) is 8.98. The van der Waals surface area contributed by atoms with Crippen molar-refractivity contribution >= 4 is 21.9 Å². The van der Waals surface area contributed by atoms with Crippen molar-refractivity contribution in [2.24, 2.45) is 0 Å². The van der Waals surface area contributed by atoms with E-state index in [4.69, 9.17) is 5.11 Å². The van der Waals surface area contributed by atoms with E-state index in [1.54, 1.807) is 24.3 Å². The van der Waals surface area contributed by atoms with Gasteiger partial charge in [-0.1, -0.05) is 28.1 Å². The number of aliphatic carboxylic acids is 1. The van der Waals surface area contributed by atoms with Crippen LogP contribution < -0.4 is 0 Å². The number of alkyl halides is 1. The summed E-state index contributed by atoms with van der Waals surface area (Å²) >= 11 is 3.24. The number of benzene rings is 1. The highest BCUT2D eigenvalue weighted by Crippen LogP contribution is 2.32. The molecule has 0 spiro atoms. The Bertz CT molecular complexity index is 354. The summed E-state index contributed by atoms with van der Waals surface area (Å²) < 4.78 is 14.5. The van der Waals surface area contributed by atoms with Gasteiger partial charge in [-0.2, -0.15) is 0 Å². The van der Waals surface area contributed by atoms with Gasteiger partial charge in [-0.15, -0.1) is 0 Å². The number of halogens is 2. The van der Waals surface area contributed by atoms with Crippen LogP contribution in [0, 0.1) is 0 Å². The Labute approximate surface area is 96.2 Å². The van der Waals surface area contributed by atoms with Crippen molar-refractivity contribution in [3.8, 4) is 0 Å². The minimum Gasteiger partial charge on any atom is -0.481 e. The number of hydrogen-bond acceptors (Lipinski definition) is 1.